The fourth-order valence-electron chi connectivity index (χ4n) is 0.747. The van der Waals surface area contributed by atoms with Crippen molar-refractivity contribution in [3.63, 3.8) is 0 Å². The summed E-state index contributed by atoms with van der Waals surface area (Å²) in [6.45, 7) is -0.569. The quantitative estimate of drug-likeness (QED) is 0.743. The van der Waals surface area contributed by atoms with Crippen molar-refractivity contribution in [3.05, 3.63) is 14.7 Å². The average molecular weight is 262 g/mol. The number of aryl methyl sites for hydroxylation is 1. The predicted octanol–water partition coefficient (Wildman–Crippen LogP) is 0.542. The van der Waals surface area contributed by atoms with Crippen molar-refractivity contribution in [1.82, 2.24) is 9.78 Å². The molecule has 0 spiro atoms. The molecule has 0 aromatic carbocycles. The number of halogens is 3. The molecule has 5 nitrogen and oxygen atoms in total. The van der Waals surface area contributed by atoms with Crippen LogP contribution in [0.15, 0.2) is 4.79 Å². The molecule has 1 rings (SSSR count). The molecule has 0 bridgehead atoms. The Labute approximate surface area is 86.4 Å². The molecule has 0 aliphatic rings. The Morgan fingerprint density at radius 3 is 2.47 bits per heavy atom. The van der Waals surface area contributed by atoms with Crippen LogP contribution >= 0.6 is 11.3 Å². The highest BCUT2D eigenvalue weighted by molar-refractivity contribution is 7.86. The molecule has 15 heavy (non-hydrogen) atoms. The standard InChI is InChI=1S/C5H5F3N2O3S2/c6-3(7)4-9-10(5(11)14-4)1-2-15(8,12)13/h3H,1-2H2. The molecule has 10 heteroatoms. The summed E-state index contributed by atoms with van der Waals surface area (Å²) in [4.78, 5) is 10.1. The molecule has 1 aromatic heterocycles. The second kappa shape index (κ2) is 4.31. The molecule has 0 saturated heterocycles. The lowest BCUT2D eigenvalue weighted by molar-refractivity contribution is 0.149. The van der Waals surface area contributed by atoms with Gasteiger partial charge in [0.2, 0.25) is 0 Å². The number of aromatic nitrogens is 2. The molecule has 0 radical (unpaired) electrons. The van der Waals surface area contributed by atoms with Gasteiger partial charge in [0.15, 0.2) is 5.01 Å². The Kier molecular flexibility index (Phi) is 3.50. The zero-order valence-electron chi connectivity index (χ0n) is 7.06. The lowest BCUT2D eigenvalue weighted by Crippen LogP contribution is -2.19. The first-order chi connectivity index (χ1) is 6.79. The smallest absolute Gasteiger partial charge is 0.255 e. The normalized spacial score (nSPS) is 12.3. The molecule has 0 unspecified atom stereocenters. The predicted molar refractivity (Wildman–Crippen MR) is 46.2 cm³/mol. The van der Waals surface area contributed by atoms with E-state index >= 15 is 0 Å². The Balaban J connectivity index is 2.83. The average Bonchev–Trinajstić information content (AvgIpc) is 2.42. The van der Waals surface area contributed by atoms with Crippen LogP contribution in [0.5, 0.6) is 0 Å². The largest absolute Gasteiger partial charge is 0.325 e. The SMILES string of the molecule is O=c1sc(C(F)F)nn1CCS(=O)(=O)F. The molecule has 0 saturated carbocycles. The van der Waals surface area contributed by atoms with E-state index in [9.17, 15) is 25.9 Å². The topological polar surface area (TPSA) is 69.0 Å². The van der Waals surface area contributed by atoms with Crippen molar-refractivity contribution >= 4 is 21.6 Å². The molecule has 0 aliphatic heterocycles. The van der Waals surface area contributed by atoms with E-state index in [1.165, 1.54) is 0 Å². The van der Waals surface area contributed by atoms with Crippen molar-refractivity contribution in [3.8, 4) is 0 Å². The van der Waals surface area contributed by atoms with Gasteiger partial charge in [-0.05, 0) is 0 Å². The fraction of sp³-hybridized carbons (Fsp3) is 0.600. The van der Waals surface area contributed by atoms with Gasteiger partial charge in [-0.25, -0.2) is 13.5 Å². The third kappa shape index (κ3) is 3.63. The summed E-state index contributed by atoms with van der Waals surface area (Å²) >= 11 is 0.202. The first-order valence-corrected chi connectivity index (χ1v) is 5.95. The van der Waals surface area contributed by atoms with Gasteiger partial charge < -0.3 is 0 Å². The molecule has 1 aromatic rings. The monoisotopic (exact) mass is 262 g/mol. The third-order valence-corrected chi connectivity index (χ3v) is 2.88. The first-order valence-electron chi connectivity index (χ1n) is 3.58. The highest BCUT2D eigenvalue weighted by Crippen LogP contribution is 2.17. The molecule has 0 atom stereocenters. The van der Waals surface area contributed by atoms with Gasteiger partial charge in [0, 0.05) is 0 Å². The van der Waals surface area contributed by atoms with E-state index in [0.29, 0.717) is 4.68 Å². The summed E-state index contributed by atoms with van der Waals surface area (Å²) in [6.07, 6.45) is -2.90. The number of hydrogen-bond donors (Lipinski definition) is 0. The van der Waals surface area contributed by atoms with Crippen LogP contribution in [0, 0.1) is 0 Å². The van der Waals surface area contributed by atoms with E-state index in [1.54, 1.807) is 0 Å². The summed E-state index contributed by atoms with van der Waals surface area (Å²) in [5.74, 6) is -0.959. The second-order valence-electron chi connectivity index (χ2n) is 2.47. The summed E-state index contributed by atoms with van der Waals surface area (Å²) in [6, 6.07) is 0. The number of alkyl halides is 2. The van der Waals surface area contributed by atoms with Crippen LogP contribution in [0.1, 0.15) is 11.4 Å². The van der Waals surface area contributed by atoms with Crippen molar-refractivity contribution in [2.45, 2.75) is 13.0 Å². The molecule has 86 valence electrons. The van der Waals surface area contributed by atoms with Crippen LogP contribution in [0.25, 0.3) is 0 Å². The Hall–Kier alpha value is -0.900. The molecular weight excluding hydrogens is 257 g/mol. The zero-order chi connectivity index (χ0) is 11.6. The van der Waals surface area contributed by atoms with Crippen LogP contribution in [-0.2, 0) is 16.8 Å². The molecule has 1 heterocycles. The van der Waals surface area contributed by atoms with Gasteiger partial charge in [-0.3, -0.25) is 4.79 Å². The lowest BCUT2D eigenvalue weighted by Gasteiger charge is -1.95. The fourth-order valence-corrected chi connectivity index (χ4v) is 1.78. The third-order valence-electron chi connectivity index (χ3n) is 1.36. The second-order valence-corrected chi connectivity index (χ2v) is 4.93. The maximum atomic E-state index is 12.1. The molecule has 0 amide bonds. The minimum absolute atomic E-state index is 0.202. The van der Waals surface area contributed by atoms with E-state index in [0.717, 1.165) is 0 Å². The molecular formula is C5H5F3N2O3S2. The summed E-state index contributed by atoms with van der Waals surface area (Å²) in [5, 5.41) is 2.44. The Morgan fingerprint density at radius 1 is 1.47 bits per heavy atom. The van der Waals surface area contributed by atoms with E-state index < -0.39 is 38.8 Å². The summed E-state index contributed by atoms with van der Waals surface area (Å²) < 4.78 is 56.8. The highest BCUT2D eigenvalue weighted by Gasteiger charge is 2.16. The Bertz CT molecular complexity index is 492. The maximum Gasteiger partial charge on any atom is 0.325 e. The van der Waals surface area contributed by atoms with Crippen molar-refractivity contribution in [1.29, 1.82) is 0 Å². The van der Waals surface area contributed by atoms with Gasteiger partial charge >= 0.3 is 15.1 Å². The Morgan fingerprint density at radius 2 is 2.07 bits per heavy atom. The van der Waals surface area contributed by atoms with E-state index in [4.69, 9.17) is 0 Å². The molecule has 0 aliphatic carbocycles. The minimum atomic E-state index is -4.73. The van der Waals surface area contributed by atoms with E-state index in [-0.39, 0.29) is 11.3 Å². The zero-order valence-corrected chi connectivity index (χ0v) is 8.69. The number of hydrogen-bond acceptors (Lipinski definition) is 5. The summed E-state index contributed by atoms with van der Waals surface area (Å²) in [7, 11) is -4.73. The molecule has 0 N–H and O–H groups in total. The van der Waals surface area contributed by atoms with Crippen LogP contribution < -0.4 is 4.87 Å². The van der Waals surface area contributed by atoms with Gasteiger partial charge in [-0.1, -0.05) is 11.3 Å². The first kappa shape index (κ1) is 12.2. The van der Waals surface area contributed by atoms with E-state index in [2.05, 4.69) is 5.10 Å². The van der Waals surface area contributed by atoms with Gasteiger partial charge in [0.25, 0.3) is 6.43 Å². The van der Waals surface area contributed by atoms with Crippen LogP contribution in [0.4, 0.5) is 12.7 Å². The number of nitrogens with zero attached hydrogens (tertiary/aromatic N) is 2. The van der Waals surface area contributed by atoms with Crippen LogP contribution in [0.3, 0.4) is 0 Å². The lowest BCUT2D eigenvalue weighted by atomic mass is 10.7. The van der Waals surface area contributed by atoms with Crippen molar-refractivity contribution in [2.75, 3.05) is 5.75 Å². The van der Waals surface area contributed by atoms with E-state index in [1.807, 2.05) is 0 Å². The van der Waals surface area contributed by atoms with Crippen LogP contribution in [0.2, 0.25) is 0 Å². The van der Waals surface area contributed by atoms with Gasteiger partial charge in [0.05, 0.1) is 12.3 Å². The minimum Gasteiger partial charge on any atom is -0.255 e. The van der Waals surface area contributed by atoms with Crippen molar-refractivity contribution < 1.29 is 21.1 Å². The maximum absolute atomic E-state index is 12.1. The van der Waals surface area contributed by atoms with Gasteiger partial charge in [-0.15, -0.1) is 3.89 Å². The number of rotatable bonds is 4. The molecule has 0 fully saturated rings. The van der Waals surface area contributed by atoms with Gasteiger partial charge in [0.1, 0.15) is 0 Å². The van der Waals surface area contributed by atoms with Gasteiger partial charge in [-0.2, -0.15) is 13.5 Å². The van der Waals surface area contributed by atoms with Crippen molar-refractivity contribution in [2.24, 2.45) is 0 Å². The van der Waals surface area contributed by atoms with Crippen LogP contribution in [-0.4, -0.2) is 24.0 Å². The summed E-state index contributed by atoms with van der Waals surface area (Å²) in [5.41, 5.74) is 0. The highest BCUT2D eigenvalue weighted by atomic mass is 32.3.